The molecule has 0 unspecified atom stereocenters. The molecule has 0 amide bonds. The van der Waals surface area contributed by atoms with Gasteiger partial charge >= 0.3 is 29.8 Å². The summed E-state index contributed by atoms with van der Waals surface area (Å²) in [6, 6.07) is 4.37. The third-order valence-electron chi connectivity index (χ3n) is 4.25. The fourth-order valence-electron chi connectivity index (χ4n) is 3.04. The lowest BCUT2D eigenvalue weighted by Gasteiger charge is -2.43. The highest BCUT2D eigenvalue weighted by Crippen LogP contribution is 2.30. The van der Waals surface area contributed by atoms with Crippen molar-refractivity contribution >= 4 is 29.8 Å². The summed E-state index contributed by atoms with van der Waals surface area (Å²) in [5, 5.41) is 0. The Morgan fingerprint density at radius 3 is 1.79 bits per heavy atom. The van der Waals surface area contributed by atoms with Crippen LogP contribution in [0.1, 0.15) is 38.1 Å². The minimum Gasteiger partial charge on any atom is -0.463 e. The molecule has 0 spiro atoms. The highest BCUT2D eigenvalue weighted by molar-refractivity contribution is 5.89. The van der Waals surface area contributed by atoms with E-state index in [1.807, 2.05) is 0 Å². The van der Waals surface area contributed by atoms with Gasteiger partial charge in [-0.05, 0) is 24.3 Å². The first kappa shape index (κ1) is 25.7. The lowest BCUT2D eigenvalue weighted by Crippen LogP contribution is -2.63. The Labute approximate surface area is 188 Å². The lowest BCUT2D eigenvalue weighted by atomic mass is 9.98. The minimum absolute atomic E-state index is 0.0516. The third kappa shape index (κ3) is 7.52. The molecule has 1 fully saturated rings. The van der Waals surface area contributed by atoms with Crippen LogP contribution < -0.4 is 0 Å². The van der Waals surface area contributed by atoms with E-state index in [1.54, 1.807) is 0 Å². The monoisotopic (exact) mass is 470 g/mol. The van der Waals surface area contributed by atoms with Gasteiger partial charge in [-0.15, -0.1) is 0 Å². The Bertz CT molecular complexity index is 898. The Hall–Kier alpha value is -3.54. The lowest BCUT2D eigenvalue weighted by molar-refractivity contribution is -0.294. The zero-order valence-corrected chi connectivity index (χ0v) is 18.3. The molecule has 0 aliphatic carbocycles. The number of rotatable bonds is 7. The quantitative estimate of drug-likeness (QED) is 0.417. The molecular weight excluding hydrogens is 447 g/mol. The van der Waals surface area contributed by atoms with E-state index in [0.29, 0.717) is 0 Å². The molecule has 0 aromatic heterocycles. The summed E-state index contributed by atoms with van der Waals surface area (Å²) in [7, 11) is 0. The Balaban J connectivity index is 2.42. The van der Waals surface area contributed by atoms with Crippen LogP contribution in [-0.4, -0.2) is 67.2 Å². The van der Waals surface area contributed by atoms with E-state index < -0.39 is 73.0 Å². The molecule has 33 heavy (non-hydrogen) atoms. The van der Waals surface area contributed by atoms with Gasteiger partial charge < -0.3 is 28.4 Å². The van der Waals surface area contributed by atoms with Crippen LogP contribution in [-0.2, 0) is 47.6 Å². The van der Waals surface area contributed by atoms with Gasteiger partial charge in [0.2, 0.25) is 12.4 Å². The molecule has 11 nitrogen and oxygen atoms in total. The van der Waals surface area contributed by atoms with Crippen molar-refractivity contribution in [1.82, 2.24) is 0 Å². The first-order valence-electron chi connectivity index (χ1n) is 9.75. The fourth-order valence-corrected chi connectivity index (χ4v) is 3.04. The second kappa shape index (κ2) is 11.4. The van der Waals surface area contributed by atoms with Crippen molar-refractivity contribution in [1.29, 1.82) is 0 Å². The average Bonchev–Trinajstić information content (AvgIpc) is 2.70. The second-order valence-corrected chi connectivity index (χ2v) is 6.98. The normalized spacial score (nSPS) is 24.2. The molecule has 180 valence electrons. The van der Waals surface area contributed by atoms with Crippen molar-refractivity contribution in [2.24, 2.45) is 0 Å². The molecule has 0 N–H and O–H groups in total. The van der Waals surface area contributed by atoms with Crippen LogP contribution in [0.25, 0.3) is 0 Å². The first-order valence-corrected chi connectivity index (χ1v) is 9.75. The molecule has 0 bridgehead atoms. The highest BCUT2D eigenvalue weighted by atomic mass is 19.1. The molecule has 1 aliphatic heterocycles. The number of hydrogen-bond acceptors (Lipinski definition) is 11. The molecule has 0 saturated carbocycles. The van der Waals surface area contributed by atoms with Crippen molar-refractivity contribution in [2.45, 2.75) is 58.4 Å². The van der Waals surface area contributed by atoms with Crippen LogP contribution in [0.4, 0.5) is 4.39 Å². The van der Waals surface area contributed by atoms with Gasteiger partial charge in [0.25, 0.3) is 0 Å². The SMILES string of the molecule is CC(=O)OC[C@H]1O[C@@H](OC(=O)c2ccc(F)cc2)[C@H](OC(C)=O)[C@@H](OC(C)=O)[C@@H]1OC(C)=O. The Morgan fingerprint density at radius 2 is 1.27 bits per heavy atom. The molecular formula is C21H23FO11. The summed E-state index contributed by atoms with van der Waals surface area (Å²) in [4.78, 5) is 59.0. The average molecular weight is 470 g/mol. The van der Waals surface area contributed by atoms with Gasteiger partial charge in [-0.25, -0.2) is 9.18 Å². The van der Waals surface area contributed by atoms with Crippen LogP contribution in [0.15, 0.2) is 24.3 Å². The Kier molecular flexibility index (Phi) is 8.85. The van der Waals surface area contributed by atoms with E-state index in [9.17, 15) is 28.4 Å². The predicted molar refractivity (Wildman–Crippen MR) is 104 cm³/mol. The largest absolute Gasteiger partial charge is 0.463 e. The summed E-state index contributed by atoms with van der Waals surface area (Å²) in [5.41, 5.74) is -0.0516. The molecule has 0 radical (unpaired) electrons. The van der Waals surface area contributed by atoms with E-state index in [-0.39, 0.29) is 5.56 Å². The zero-order chi connectivity index (χ0) is 24.7. The molecule has 1 aliphatic rings. The molecule has 1 aromatic rings. The summed E-state index contributed by atoms with van der Waals surface area (Å²) in [6.45, 7) is 3.85. The zero-order valence-electron chi connectivity index (χ0n) is 18.3. The highest BCUT2D eigenvalue weighted by Gasteiger charge is 2.53. The number of benzene rings is 1. The maximum Gasteiger partial charge on any atom is 0.340 e. The van der Waals surface area contributed by atoms with E-state index >= 15 is 0 Å². The van der Waals surface area contributed by atoms with Gasteiger partial charge in [0.1, 0.15) is 18.5 Å². The van der Waals surface area contributed by atoms with Gasteiger partial charge in [0.05, 0.1) is 5.56 Å². The molecule has 5 atom stereocenters. The van der Waals surface area contributed by atoms with Crippen LogP contribution >= 0.6 is 0 Å². The van der Waals surface area contributed by atoms with Crippen molar-refractivity contribution in [3.05, 3.63) is 35.6 Å². The molecule has 1 saturated heterocycles. The van der Waals surface area contributed by atoms with Crippen molar-refractivity contribution in [3.63, 3.8) is 0 Å². The van der Waals surface area contributed by atoms with Crippen molar-refractivity contribution in [2.75, 3.05) is 6.61 Å². The van der Waals surface area contributed by atoms with Crippen molar-refractivity contribution in [3.8, 4) is 0 Å². The number of carbonyl (C=O) groups is 5. The van der Waals surface area contributed by atoms with Gasteiger partial charge in [0, 0.05) is 27.7 Å². The van der Waals surface area contributed by atoms with Crippen LogP contribution in [0.2, 0.25) is 0 Å². The molecule has 12 heteroatoms. The van der Waals surface area contributed by atoms with E-state index in [4.69, 9.17) is 28.4 Å². The number of ether oxygens (including phenoxy) is 6. The first-order chi connectivity index (χ1) is 15.5. The molecule has 1 aromatic carbocycles. The van der Waals surface area contributed by atoms with E-state index in [1.165, 1.54) is 0 Å². The molecule has 1 heterocycles. The predicted octanol–water partition coefficient (Wildman–Crippen LogP) is 1.07. The van der Waals surface area contributed by atoms with Crippen LogP contribution in [0.5, 0.6) is 0 Å². The Morgan fingerprint density at radius 1 is 0.758 bits per heavy atom. The van der Waals surface area contributed by atoms with E-state index in [0.717, 1.165) is 52.0 Å². The van der Waals surface area contributed by atoms with Gasteiger partial charge in [0.15, 0.2) is 12.2 Å². The third-order valence-corrected chi connectivity index (χ3v) is 4.25. The maximum atomic E-state index is 13.2. The van der Waals surface area contributed by atoms with Gasteiger partial charge in [-0.2, -0.15) is 0 Å². The summed E-state index contributed by atoms with van der Waals surface area (Å²) in [6.07, 6.45) is -7.33. The maximum absolute atomic E-state index is 13.2. The summed E-state index contributed by atoms with van der Waals surface area (Å²) >= 11 is 0. The minimum atomic E-state index is -1.66. The standard InChI is InChI=1S/C21H23FO11/c1-10(23)28-9-16-17(29-11(2)24)18(30-12(3)25)19(31-13(4)26)21(32-16)33-20(27)14-5-7-15(22)8-6-14/h5-8,16-19,21H,9H2,1-4H3/t16-,17-,18+,19-,21+/m1/s1. The fraction of sp³-hybridized carbons (Fsp3) is 0.476. The topological polar surface area (TPSA) is 141 Å². The van der Waals surface area contributed by atoms with Crippen LogP contribution in [0, 0.1) is 5.82 Å². The number of esters is 5. The van der Waals surface area contributed by atoms with Gasteiger partial charge in [-0.3, -0.25) is 19.2 Å². The van der Waals surface area contributed by atoms with Crippen LogP contribution in [0.3, 0.4) is 0 Å². The number of carbonyl (C=O) groups excluding carboxylic acids is 5. The number of hydrogen-bond donors (Lipinski definition) is 0. The van der Waals surface area contributed by atoms with Crippen molar-refractivity contribution < 1.29 is 56.8 Å². The van der Waals surface area contributed by atoms with E-state index in [2.05, 4.69) is 0 Å². The molecule has 2 rings (SSSR count). The summed E-state index contributed by atoms with van der Waals surface area (Å²) in [5.74, 6) is -4.72. The van der Waals surface area contributed by atoms with Gasteiger partial charge in [-0.1, -0.05) is 0 Å². The summed E-state index contributed by atoms with van der Waals surface area (Å²) < 4.78 is 44.7. The smallest absolute Gasteiger partial charge is 0.340 e. The number of halogens is 1. The second-order valence-electron chi connectivity index (χ2n) is 6.98.